The van der Waals surface area contributed by atoms with E-state index in [4.69, 9.17) is 0 Å². The Morgan fingerprint density at radius 1 is 1.50 bits per heavy atom. The Balaban J connectivity index is 1.92. The first-order valence-electron chi connectivity index (χ1n) is 5.89. The molecule has 0 saturated heterocycles. The van der Waals surface area contributed by atoms with Crippen LogP contribution in [0.5, 0.6) is 0 Å². The monoisotopic (exact) mass is 239 g/mol. The Morgan fingerprint density at radius 3 is 3.00 bits per heavy atom. The maximum atomic E-state index is 9.45. The van der Waals surface area contributed by atoms with Gasteiger partial charge < -0.3 is 9.67 Å². The molecule has 1 aliphatic carbocycles. The summed E-state index contributed by atoms with van der Waals surface area (Å²) in [6, 6.07) is 0. The summed E-state index contributed by atoms with van der Waals surface area (Å²) in [5.41, 5.74) is 0. The summed E-state index contributed by atoms with van der Waals surface area (Å²) in [6.45, 7) is 3.32. The van der Waals surface area contributed by atoms with E-state index in [1.165, 1.54) is 18.7 Å². The minimum atomic E-state index is -0.0812. The molecule has 2 heterocycles. The smallest absolute Gasteiger partial charge is 0.136 e. The van der Waals surface area contributed by atoms with Gasteiger partial charge in [0, 0.05) is 29.4 Å². The molecule has 1 aromatic heterocycles. The van der Waals surface area contributed by atoms with Gasteiger partial charge in [0.15, 0.2) is 0 Å². The molecule has 16 heavy (non-hydrogen) atoms. The lowest BCUT2D eigenvalue weighted by Crippen LogP contribution is -2.28. The van der Waals surface area contributed by atoms with Crippen molar-refractivity contribution in [3.05, 3.63) is 11.6 Å². The number of rotatable bonds is 2. The van der Waals surface area contributed by atoms with E-state index < -0.39 is 0 Å². The molecule has 0 aromatic carbocycles. The van der Waals surface area contributed by atoms with Crippen molar-refractivity contribution in [2.75, 3.05) is 12.4 Å². The molecule has 3 rings (SSSR count). The van der Waals surface area contributed by atoms with Crippen LogP contribution in [0.25, 0.3) is 0 Å². The lowest BCUT2D eigenvalue weighted by molar-refractivity contribution is 0.254. The number of aromatic nitrogens is 3. The van der Waals surface area contributed by atoms with Gasteiger partial charge in [0.1, 0.15) is 11.6 Å². The molecule has 1 N–H and O–H groups in total. The zero-order valence-electron chi connectivity index (χ0n) is 9.52. The summed E-state index contributed by atoms with van der Waals surface area (Å²) in [4.78, 5) is 0. The van der Waals surface area contributed by atoms with Gasteiger partial charge in [-0.05, 0) is 19.8 Å². The zero-order chi connectivity index (χ0) is 11.2. The second-order valence-electron chi connectivity index (χ2n) is 5.03. The van der Waals surface area contributed by atoms with Gasteiger partial charge in [0.25, 0.3) is 0 Å². The normalized spacial score (nSPS) is 29.9. The lowest BCUT2D eigenvalue weighted by Gasteiger charge is -2.23. The minimum absolute atomic E-state index is 0.0812. The maximum Gasteiger partial charge on any atom is 0.136 e. The molecule has 0 amide bonds. The molecule has 88 valence electrons. The third kappa shape index (κ3) is 1.76. The van der Waals surface area contributed by atoms with Crippen molar-refractivity contribution in [1.29, 1.82) is 0 Å². The van der Waals surface area contributed by atoms with E-state index in [-0.39, 0.29) is 11.4 Å². The molecule has 1 unspecified atom stereocenters. The highest BCUT2D eigenvalue weighted by Gasteiger charge is 2.34. The predicted octanol–water partition coefficient (Wildman–Crippen LogP) is 1.20. The number of hydrogen-bond donors (Lipinski definition) is 1. The van der Waals surface area contributed by atoms with Crippen LogP contribution in [0.3, 0.4) is 0 Å². The average Bonchev–Trinajstić information content (AvgIpc) is 3.06. The van der Waals surface area contributed by atoms with Crippen LogP contribution in [0.2, 0.25) is 0 Å². The van der Waals surface area contributed by atoms with Gasteiger partial charge >= 0.3 is 0 Å². The van der Waals surface area contributed by atoms with Gasteiger partial charge in [-0.2, -0.15) is 11.8 Å². The number of nitrogens with zero attached hydrogens (tertiary/aromatic N) is 3. The van der Waals surface area contributed by atoms with E-state index in [1.54, 1.807) is 0 Å². The maximum absolute atomic E-state index is 9.45. The van der Waals surface area contributed by atoms with Gasteiger partial charge in [0.05, 0.1) is 6.61 Å². The number of aliphatic hydroxyl groups excluding tert-OH is 1. The number of aliphatic hydroxyl groups is 1. The fourth-order valence-corrected chi connectivity index (χ4v) is 3.33. The molecule has 1 saturated carbocycles. The SMILES string of the molecule is CC1(CO)Cc2nnc(C3CC3)n2CCS1. The molecule has 0 bridgehead atoms. The number of thioether (sulfide) groups is 1. The fourth-order valence-electron chi connectivity index (χ4n) is 2.24. The van der Waals surface area contributed by atoms with Gasteiger partial charge in [-0.25, -0.2) is 0 Å². The fraction of sp³-hybridized carbons (Fsp3) is 0.818. The Labute approximate surface area is 99.4 Å². The van der Waals surface area contributed by atoms with Gasteiger partial charge in [-0.3, -0.25) is 0 Å². The van der Waals surface area contributed by atoms with Crippen molar-refractivity contribution in [2.24, 2.45) is 0 Å². The quantitative estimate of drug-likeness (QED) is 0.842. The van der Waals surface area contributed by atoms with Crippen molar-refractivity contribution >= 4 is 11.8 Å². The first-order chi connectivity index (χ1) is 7.72. The van der Waals surface area contributed by atoms with Crippen LogP contribution in [-0.4, -0.2) is 37.0 Å². The second-order valence-corrected chi connectivity index (χ2v) is 6.72. The van der Waals surface area contributed by atoms with E-state index in [0.29, 0.717) is 5.92 Å². The van der Waals surface area contributed by atoms with E-state index >= 15 is 0 Å². The molecule has 1 aliphatic heterocycles. The van der Waals surface area contributed by atoms with Gasteiger partial charge in [0.2, 0.25) is 0 Å². The highest BCUT2D eigenvalue weighted by molar-refractivity contribution is 8.00. The summed E-state index contributed by atoms with van der Waals surface area (Å²) in [5, 5.41) is 18.1. The summed E-state index contributed by atoms with van der Waals surface area (Å²) in [7, 11) is 0. The van der Waals surface area contributed by atoms with Crippen LogP contribution in [-0.2, 0) is 13.0 Å². The van der Waals surface area contributed by atoms with Gasteiger partial charge in [-0.1, -0.05) is 0 Å². The summed E-state index contributed by atoms with van der Waals surface area (Å²) in [5.74, 6) is 3.94. The van der Waals surface area contributed by atoms with E-state index in [1.807, 2.05) is 11.8 Å². The largest absolute Gasteiger partial charge is 0.395 e. The number of fused-ring (bicyclic) bond motifs is 1. The van der Waals surface area contributed by atoms with E-state index in [2.05, 4.69) is 21.7 Å². The van der Waals surface area contributed by atoms with Crippen LogP contribution in [0, 0.1) is 0 Å². The first kappa shape index (κ1) is 10.6. The molecule has 1 fully saturated rings. The van der Waals surface area contributed by atoms with Crippen molar-refractivity contribution in [2.45, 2.75) is 43.4 Å². The van der Waals surface area contributed by atoms with Crippen molar-refractivity contribution < 1.29 is 5.11 Å². The van der Waals surface area contributed by atoms with Crippen LogP contribution in [0.15, 0.2) is 0 Å². The molecule has 1 aromatic rings. The van der Waals surface area contributed by atoms with Crippen molar-refractivity contribution in [3.63, 3.8) is 0 Å². The molecule has 5 heteroatoms. The topological polar surface area (TPSA) is 50.9 Å². The standard InChI is InChI=1S/C11H17N3OS/c1-11(7-15)6-9-12-13-10(8-2-3-8)14(9)4-5-16-11/h8,15H,2-7H2,1H3. The summed E-state index contributed by atoms with van der Waals surface area (Å²) < 4.78 is 2.20. The van der Waals surface area contributed by atoms with E-state index in [9.17, 15) is 5.11 Å². The Kier molecular flexibility index (Phi) is 2.47. The molecular formula is C11H17N3OS. The second kappa shape index (κ2) is 3.74. The van der Waals surface area contributed by atoms with Crippen LogP contribution in [0.1, 0.15) is 37.3 Å². The van der Waals surface area contributed by atoms with Crippen molar-refractivity contribution in [1.82, 2.24) is 14.8 Å². The third-order valence-corrected chi connectivity index (χ3v) is 4.79. The highest BCUT2D eigenvalue weighted by Crippen LogP contribution is 2.40. The van der Waals surface area contributed by atoms with Crippen LogP contribution < -0.4 is 0 Å². The van der Waals surface area contributed by atoms with Crippen LogP contribution in [0.4, 0.5) is 0 Å². The average molecular weight is 239 g/mol. The Bertz CT molecular complexity index is 402. The molecule has 1 atom stereocenters. The summed E-state index contributed by atoms with van der Waals surface area (Å²) in [6.07, 6.45) is 3.36. The zero-order valence-corrected chi connectivity index (χ0v) is 10.3. The Hall–Kier alpha value is -0.550. The molecule has 0 spiro atoms. The molecule has 2 aliphatic rings. The number of hydrogen-bond acceptors (Lipinski definition) is 4. The Morgan fingerprint density at radius 2 is 2.31 bits per heavy atom. The van der Waals surface area contributed by atoms with Crippen molar-refractivity contribution in [3.8, 4) is 0 Å². The molecule has 4 nitrogen and oxygen atoms in total. The minimum Gasteiger partial charge on any atom is -0.395 e. The third-order valence-electron chi connectivity index (χ3n) is 3.43. The van der Waals surface area contributed by atoms with Crippen LogP contribution >= 0.6 is 11.8 Å². The summed E-state index contributed by atoms with van der Waals surface area (Å²) >= 11 is 1.85. The van der Waals surface area contributed by atoms with Gasteiger partial charge in [-0.15, -0.1) is 10.2 Å². The highest BCUT2D eigenvalue weighted by atomic mass is 32.2. The first-order valence-corrected chi connectivity index (χ1v) is 6.87. The van der Waals surface area contributed by atoms with E-state index in [0.717, 1.165) is 24.5 Å². The molecular weight excluding hydrogens is 222 g/mol. The predicted molar refractivity (Wildman–Crippen MR) is 63.6 cm³/mol. The molecule has 0 radical (unpaired) electrons. The lowest BCUT2D eigenvalue weighted by atomic mass is 10.1.